The van der Waals surface area contributed by atoms with Crippen molar-refractivity contribution < 1.29 is 14.3 Å². The molecule has 1 aromatic heterocycles. The molecule has 2 aromatic rings. The number of methoxy groups -OCH3 is 1. The lowest BCUT2D eigenvalue weighted by atomic mass is 10.1. The minimum atomic E-state index is -0.582. The van der Waals surface area contributed by atoms with E-state index in [1.165, 1.54) is 0 Å². The van der Waals surface area contributed by atoms with Crippen LogP contribution < -0.4 is 20.3 Å². The quantitative estimate of drug-likeness (QED) is 0.752. The molecule has 2 aliphatic rings. The third kappa shape index (κ3) is 4.35. The highest BCUT2D eigenvalue weighted by atomic mass is 35.5. The lowest BCUT2D eigenvalue weighted by molar-refractivity contribution is -0.118. The van der Waals surface area contributed by atoms with E-state index < -0.39 is 6.04 Å². The third-order valence-electron chi connectivity index (χ3n) is 5.31. The Hall–Kier alpha value is -2.65. The van der Waals surface area contributed by atoms with Crippen LogP contribution in [-0.2, 0) is 4.79 Å². The van der Waals surface area contributed by atoms with Crippen LogP contribution in [0, 0.1) is 0 Å². The van der Waals surface area contributed by atoms with E-state index in [1.54, 1.807) is 22.9 Å². The molecule has 10 heteroatoms. The minimum Gasteiger partial charge on any atom is -0.495 e. The SMILES string of the molecule is COc1ccccc1N1CCC(NC(=O)c2cn(C3CCNCC3)nn2)C1=O.Cl. The number of carbonyl (C=O) groups is 2. The molecule has 2 N–H and O–H groups in total. The van der Waals surface area contributed by atoms with Crippen molar-refractivity contribution in [3.05, 3.63) is 36.2 Å². The highest BCUT2D eigenvalue weighted by molar-refractivity contribution is 6.04. The van der Waals surface area contributed by atoms with Crippen LogP contribution in [0.25, 0.3) is 0 Å². The Bertz CT molecular complexity index is 867. The monoisotopic (exact) mass is 420 g/mol. The van der Waals surface area contributed by atoms with E-state index in [4.69, 9.17) is 4.74 Å². The molecule has 0 radical (unpaired) electrons. The van der Waals surface area contributed by atoms with Gasteiger partial charge in [-0.2, -0.15) is 0 Å². The first-order chi connectivity index (χ1) is 13.7. The number of ether oxygens (including phenoxy) is 1. The Morgan fingerprint density at radius 2 is 2.00 bits per heavy atom. The van der Waals surface area contributed by atoms with Gasteiger partial charge in [-0.3, -0.25) is 9.59 Å². The van der Waals surface area contributed by atoms with Crippen molar-refractivity contribution in [1.82, 2.24) is 25.6 Å². The predicted molar refractivity (Wildman–Crippen MR) is 110 cm³/mol. The molecule has 2 saturated heterocycles. The second-order valence-corrected chi connectivity index (χ2v) is 7.04. The van der Waals surface area contributed by atoms with Gasteiger partial charge in [0.05, 0.1) is 25.0 Å². The topological polar surface area (TPSA) is 101 Å². The number of piperidine rings is 1. The van der Waals surface area contributed by atoms with Crippen LogP contribution in [0.5, 0.6) is 5.75 Å². The average Bonchev–Trinajstić information content (AvgIpc) is 3.36. The summed E-state index contributed by atoms with van der Waals surface area (Å²) < 4.78 is 7.10. The zero-order valence-corrected chi connectivity index (χ0v) is 17.0. The summed E-state index contributed by atoms with van der Waals surface area (Å²) in [4.78, 5) is 27.0. The first-order valence-corrected chi connectivity index (χ1v) is 9.55. The van der Waals surface area contributed by atoms with Crippen LogP contribution in [0.15, 0.2) is 30.5 Å². The molecule has 156 valence electrons. The van der Waals surface area contributed by atoms with E-state index in [9.17, 15) is 9.59 Å². The first-order valence-electron chi connectivity index (χ1n) is 9.55. The van der Waals surface area contributed by atoms with Crippen LogP contribution in [0.3, 0.4) is 0 Å². The number of para-hydroxylation sites is 2. The third-order valence-corrected chi connectivity index (χ3v) is 5.31. The first kappa shape index (κ1) is 21.1. The Morgan fingerprint density at radius 3 is 2.76 bits per heavy atom. The van der Waals surface area contributed by atoms with Crippen LogP contribution >= 0.6 is 12.4 Å². The smallest absolute Gasteiger partial charge is 0.274 e. The lowest BCUT2D eigenvalue weighted by Crippen LogP contribution is -2.41. The normalized spacial score (nSPS) is 19.7. The number of rotatable bonds is 5. The van der Waals surface area contributed by atoms with E-state index in [0.717, 1.165) is 25.9 Å². The predicted octanol–water partition coefficient (Wildman–Crippen LogP) is 1.17. The summed E-state index contributed by atoms with van der Waals surface area (Å²) in [7, 11) is 1.57. The molecule has 4 rings (SSSR count). The molecule has 1 atom stereocenters. The molecule has 1 aromatic carbocycles. The summed E-state index contributed by atoms with van der Waals surface area (Å²) >= 11 is 0. The summed E-state index contributed by atoms with van der Waals surface area (Å²) in [6.45, 7) is 2.38. The number of anilines is 1. The van der Waals surface area contributed by atoms with E-state index >= 15 is 0 Å². The van der Waals surface area contributed by atoms with Gasteiger partial charge >= 0.3 is 0 Å². The summed E-state index contributed by atoms with van der Waals surface area (Å²) in [5.41, 5.74) is 0.950. The van der Waals surface area contributed by atoms with Crippen molar-refractivity contribution in [3.63, 3.8) is 0 Å². The number of hydrogen-bond acceptors (Lipinski definition) is 6. The van der Waals surface area contributed by atoms with Crippen molar-refractivity contribution in [2.75, 3.05) is 31.6 Å². The molecule has 0 saturated carbocycles. The molecule has 3 heterocycles. The molecule has 1 unspecified atom stereocenters. The van der Waals surface area contributed by atoms with Gasteiger partial charge in [0.1, 0.15) is 11.8 Å². The zero-order valence-electron chi connectivity index (χ0n) is 16.2. The number of aromatic nitrogens is 3. The van der Waals surface area contributed by atoms with Gasteiger partial charge in [-0.25, -0.2) is 4.68 Å². The molecule has 9 nitrogen and oxygen atoms in total. The maximum Gasteiger partial charge on any atom is 0.274 e. The van der Waals surface area contributed by atoms with E-state index in [-0.39, 0.29) is 36.0 Å². The van der Waals surface area contributed by atoms with Gasteiger partial charge in [-0.1, -0.05) is 17.3 Å². The fourth-order valence-electron chi connectivity index (χ4n) is 3.77. The maximum atomic E-state index is 12.8. The lowest BCUT2D eigenvalue weighted by Gasteiger charge is -2.22. The van der Waals surface area contributed by atoms with Crippen molar-refractivity contribution in [1.29, 1.82) is 0 Å². The fourth-order valence-corrected chi connectivity index (χ4v) is 3.77. The van der Waals surface area contributed by atoms with Crippen LogP contribution in [0.4, 0.5) is 5.69 Å². The average molecular weight is 421 g/mol. The van der Waals surface area contributed by atoms with Gasteiger partial charge in [-0.15, -0.1) is 17.5 Å². The van der Waals surface area contributed by atoms with Gasteiger partial charge in [0.2, 0.25) is 5.91 Å². The zero-order chi connectivity index (χ0) is 19.5. The van der Waals surface area contributed by atoms with Gasteiger partial charge in [0.25, 0.3) is 5.91 Å². The van der Waals surface area contributed by atoms with Gasteiger partial charge in [0, 0.05) is 6.54 Å². The molecule has 0 bridgehead atoms. The largest absolute Gasteiger partial charge is 0.495 e. The Balaban J connectivity index is 0.00000240. The van der Waals surface area contributed by atoms with E-state index in [2.05, 4.69) is 20.9 Å². The van der Waals surface area contributed by atoms with Crippen molar-refractivity contribution >= 4 is 29.9 Å². The molecule has 29 heavy (non-hydrogen) atoms. The molecule has 2 amide bonds. The summed E-state index contributed by atoms with van der Waals surface area (Å²) in [6.07, 6.45) is 4.12. The minimum absolute atomic E-state index is 0. The van der Waals surface area contributed by atoms with Gasteiger partial charge < -0.3 is 20.3 Å². The number of hydrogen-bond donors (Lipinski definition) is 2. The number of nitrogens with zero attached hydrogens (tertiary/aromatic N) is 4. The standard InChI is InChI=1S/C19H24N6O3.ClH/c1-28-17-5-3-2-4-16(17)24-11-8-14(19(24)27)21-18(26)15-12-25(23-22-15)13-6-9-20-10-7-13;/h2-5,12-14,20H,6-11H2,1H3,(H,21,26);1H. The highest BCUT2D eigenvalue weighted by Gasteiger charge is 2.35. The molecule has 0 spiro atoms. The van der Waals surface area contributed by atoms with Crippen molar-refractivity contribution in [2.45, 2.75) is 31.3 Å². The Kier molecular flexibility index (Phi) is 6.71. The summed E-state index contributed by atoms with van der Waals surface area (Å²) in [5.74, 6) is 0.108. The van der Waals surface area contributed by atoms with Crippen molar-refractivity contribution in [2.24, 2.45) is 0 Å². The summed E-state index contributed by atoms with van der Waals surface area (Å²) in [5, 5.41) is 14.2. The number of halogens is 1. The Morgan fingerprint density at radius 1 is 1.24 bits per heavy atom. The summed E-state index contributed by atoms with van der Waals surface area (Å²) in [6, 6.07) is 7.04. The molecule has 2 aliphatic heterocycles. The van der Waals surface area contributed by atoms with Crippen LogP contribution in [0.2, 0.25) is 0 Å². The number of nitrogens with one attached hydrogen (secondary N) is 2. The number of amides is 2. The highest BCUT2D eigenvalue weighted by Crippen LogP contribution is 2.31. The fraction of sp³-hybridized carbons (Fsp3) is 0.474. The van der Waals surface area contributed by atoms with E-state index in [0.29, 0.717) is 24.4 Å². The van der Waals surface area contributed by atoms with Crippen molar-refractivity contribution in [3.8, 4) is 5.75 Å². The van der Waals surface area contributed by atoms with Crippen LogP contribution in [-0.4, -0.2) is 59.6 Å². The maximum absolute atomic E-state index is 12.8. The molecule has 2 fully saturated rings. The van der Waals surface area contributed by atoms with Gasteiger partial charge in [-0.05, 0) is 44.5 Å². The Labute approximate surface area is 175 Å². The van der Waals surface area contributed by atoms with Gasteiger partial charge in [0.15, 0.2) is 5.69 Å². The second-order valence-electron chi connectivity index (χ2n) is 7.04. The van der Waals surface area contributed by atoms with E-state index in [1.807, 2.05) is 24.3 Å². The van der Waals surface area contributed by atoms with Crippen LogP contribution in [0.1, 0.15) is 35.8 Å². The molecule has 0 aliphatic carbocycles. The molecular formula is C19H25ClN6O3. The molecular weight excluding hydrogens is 396 g/mol. The number of carbonyl (C=O) groups excluding carboxylic acids is 2. The number of benzene rings is 1. The second kappa shape index (κ2) is 9.23.